The lowest BCUT2D eigenvalue weighted by atomic mass is 9.93. The van der Waals surface area contributed by atoms with Crippen LogP contribution in [0.5, 0.6) is 11.5 Å². The van der Waals surface area contributed by atoms with Gasteiger partial charge in [-0.05, 0) is 50.2 Å². The van der Waals surface area contributed by atoms with Gasteiger partial charge >= 0.3 is 0 Å². The van der Waals surface area contributed by atoms with Crippen LogP contribution < -0.4 is 10.1 Å². The number of piperazine rings is 1. The number of aliphatic hydroxyl groups excluding tert-OH is 1. The second-order valence-corrected chi connectivity index (χ2v) is 11.4. The Morgan fingerprint density at radius 2 is 1.82 bits per heavy atom. The van der Waals surface area contributed by atoms with E-state index in [1.165, 1.54) is 0 Å². The zero-order valence-corrected chi connectivity index (χ0v) is 22.9. The fourth-order valence-corrected chi connectivity index (χ4v) is 6.20. The Hall–Kier alpha value is -3.53. The number of rotatable bonds is 6. The highest BCUT2D eigenvalue weighted by molar-refractivity contribution is 7.22. The summed E-state index contributed by atoms with van der Waals surface area (Å²) in [6, 6.07) is 17.3. The summed E-state index contributed by atoms with van der Waals surface area (Å²) < 4.78 is 7.22. The molecule has 9 heteroatoms. The van der Waals surface area contributed by atoms with E-state index in [1.54, 1.807) is 17.5 Å². The summed E-state index contributed by atoms with van der Waals surface area (Å²) in [5.41, 5.74) is 3.19. The Morgan fingerprint density at radius 3 is 2.65 bits per heavy atom. The third-order valence-electron chi connectivity index (χ3n) is 7.56. The minimum absolute atomic E-state index is 0. The van der Waals surface area contributed by atoms with Crippen molar-refractivity contribution in [1.82, 2.24) is 19.8 Å². The highest BCUT2D eigenvalue weighted by atomic mass is 32.1. The molecule has 0 spiro atoms. The topological polar surface area (TPSA) is 90.8 Å². The van der Waals surface area contributed by atoms with E-state index in [4.69, 9.17) is 9.72 Å². The summed E-state index contributed by atoms with van der Waals surface area (Å²) in [4.78, 5) is 26.5. The Balaban J connectivity index is 0.00000323. The average molecular weight is 560 g/mol. The molecule has 1 saturated heterocycles. The first-order chi connectivity index (χ1) is 19.0. The second-order valence-electron chi connectivity index (χ2n) is 10.4. The number of hydrogen-bond acceptors (Lipinski definition) is 8. The predicted molar refractivity (Wildman–Crippen MR) is 161 cm³/mol. The molecule has 1 aliphatic carbocycles. The molecule has 210 valence electrons. The summed E-state index contributed by atoms with van der Waals surface area (Å²) in [6.45, 7) is 3.26. The van der Waals surface area contributed by atoms with Crippen molar-refractivity contribution in [3.8, 4) is 22.8 Å². The fourth-order valence-electron chi connectivity index (χ4n) is 5.24. The highest BCUT2D eigenvalue weighted by Gasteiger charge is 2.24. The summed E-state index contributed by atoms with van der Waals surface area (Å²) >= 11 is 1.57. The van der Waals surface area contributed by atoms with Crippen LogP contribution in [-0.2, 0) is 0 Å². The number of likely N-dealkylation sites (N-methyl/N-ethyl adjacent to an activating group) is 1. The number of fused-ring (bicyclic) bond motifs is 1. The predicted octanol–water partition coefficient (Wildman–Crippen LogP) is 5.89. The highest BCUT2D eigenvalue weighted by Crippen LogP contribution is 2.33. The second kappa shape index (κ2) is 12.3. The maximum absolute atomic E-state index is 13.1. The monoisotopic (exact) mass is 559 g/mol. The molecule has 1 amide bonds. The maximum atomic E-state index is 13.1. The number of benzene rings is 2. The van der Waals surface area contributed by atoms with Crippen molar-refractivity contribution in [3.63, 3.8) is 0 Å². The Kier molecular flexibility index (Phi) is 8.63. The zero-order valence-electron chi connectivity index (χ0n) is 22.0. The number of hydrogen-bond donors (Lipinski definition) is 2. The molecule has 2 aromatic heterocycles. The van der Waals surface area contributed by atoms with E-state index < -0.39 is 0 Å². The van der Waals surface area contributed by atoms with Crippen LogP contribution in [0.25, 0.3) is 21.5 Å². The third-order valence-corrected chi connectivity index (χ3v) is 8.51. The van der Waals surface area contributed by atoms with Crippen molar-refractivity contribution in [1.29, 1.82) is 0 Å². The van der Waals surface area contributed by atoms with E-state index in [1.807, 2.05) is 59.5 Å². The molecule has 0 unspecified atom stereocenters. The average Bonchev–Trinajstić information content (AvgIpc) is 3.36. The molecule has 3 heterocycles. The molecule has 2 fully saturated rings. The normalized spacial score (nSPS) is 19.7. The number of nitrogens with one attached hydrogen (secondary N) is 1. The minimum Gasteiger partial charge on any atom is -0.457 e. The molecule has 2 N–H and O–H groups in total. The van der Waals surface area contributed by atoms with E-state index in [0.29, 0.717) is 17.1 Å². The first kappa shape index (κ1) is 28.0. The lowest BCUT2D eigenvalue weighted by molar-refractivity contribution is 0.0664. The van der Waals surface area contributed by atoms with E-state index in [2.05, 4.69) is 22.2 Å². The van der Waals surface area contributed by atoms with Gasteiger partial charge < -0.3 is 25.0 Å². The van der Waals surface area contributed by atoms with Crippen molar-refractivity contribution in [2.75, 3.05) is 38.5 Å². The van der Waals surface area contributed by atoms with E-state index in [9.17, 15) is 9.90 Å². The summed E-state index contributed by atoms with van der Waals surface area (Å²) in [7, 11) is 2.08. The molecule has 2 aromatic carbocycles. The molecule has 1 saturated carbocycles. The van der Waals surface area contributed by atoms with Gasteiger partial charge in [-0.2, -0.15) is 0 Å². The zero-order chi connectivity index (χ0) is 26.8. The standard InChI is InChI=1S/C30H33N5O3S.CH4/c1-34-13-15-35(16-14-34)29(37)21-6-4-5-20(17-21)26-18-23(11-12-31-26)38-22-9-10-25-28(19-22)39-30(33-25)32-24-7-2-3-8-27(24)36;/h4-6,9-12,17-19,24,27,36H,2-3,7-8,13-16H2,1H3,(H,32,33);1H4/t24-,27-;/m1./s1. The maximum Gasteiger partial charge on any atom is 0.253 e. The third kappa shape index (κ3) is 6.27. The summed E-state index contributed by atoms with van der Waals surface area (Å²) in [5.74, 6) is 1.44. The van der Waals surface area contributed by atoms with Gasteiger partial charge in [0.1, 0.15) is 11.5 Å². The molecule has 6 rings (SSSR count). The minimum atomic E-state index is -0.323. The van der Waals surface area contributed by atoms with Crippen LogP contribution in [-0.4, -0.2) is 76.2 Å². The van der Waals surface area contributed by atoms with Crippen molar-refractivity contribution < 1.29 is 14.6 Å². The quantitative estimate of drug-likeness (QED) is 0.304. The molecule has 2 atom stereocenters. The van der Waals surface area contributed by atoms with Crippen LogP contribution in [0.2, 0.25) is 0 Å². The van der Waals surface area contributed by atoms with Crippen molar-refractivity contribution in [2.45, 2.75) is 45.3 Å². The molecule has 40 heavy (non-hydrogen) atoms. The van der Waals surface area contributed by atoms with Gasteiger partial charge in [-0.15, -0.1) is 0 Å². The Labute approximate surface area is 239 Å². The number of aliphatic hydroxyl groups is 1. The van der Waals surface area contributed by atoms with Gasteiger partial charge in [-0.3, -0.25) is 9.78 Å². The van der Waals surface area contributed by atoms with Crippen LogP contribution in [0.4, 0.5) is 5.13 Å². The lowest BCUT2D eigenvalue weighted by Crippen LogP contribution is -2.47. The van der Waals surface area contributed by atoms with Crippen LogP contribution in [0.3, 0.4) is 0 Å². The smallest absolute Gasteiger partial charge is 0.253 e. The van der Waals surface area contributed by atoms with Gasteiger partial charge in [0.25, 0.3) is 5.91 Å². The SMILES string of the molecule is C.CN1CCN(C(=O)c2cccc(-c3cc(Oc4ccc5nc(N[C@@H]6CCCC[C@H]6O)sc5c4)ccn3)c2)CC1. The number of nitrogens with zero attached hydrogens (tertiary/aromatic N) is 4. The number of ether oxygens (including phenoxy) is 1. The molecular weight excluding hydrogens is 522 g/mol. The van der Waals surface area contributed by atoms with Crippen LogP contribution in [0.15, 0.2) is 60.8 Å². The van der Waals surface area contributed by atoms with Crippen LogP contribution in [0, 0.1) is 0 Å². The van der Waals surface area contributed by atoms with E-state index in [-0.39, 0.29) is 25.5 Å². The number of pyridine rings is 1. The van der Waals surface area contributed by atoms with Crippen LogP contribution >= 0.6 is 11.3 Å². The number of amides is 1. The van der Waals surface area contributed by atoms with Crippen molar-refractivity contribution in [2.24, 2.45) is 0 Å². The molecular formula is C31H37N5O3S. The van der Waals surface area contributed by atoms with Gasteiger partial charge in [0, 0.05) is 55.6 Å². The summed E-state index contributed by atoms with van der Waals surface area (Å²) in [6.07, 6.45) is 5.41. The van der Waals surface area contributed by atoms with Crippen molar-refractivity contribution in [3.05, 3.63) is 66.4 Å². The molecule has 1 aliphatic heterocycles. The Morgan fingerprint density at radius 1 is 1.02 bits per heavy atom. The summed E-state index contributed by atoms with van der Waals surface area (Å²) in [5, 5.41) is 14.6. The molecule has 8 nitrogen and oxygen atoms in total. The van der Waals surface area contributed by atoms with Gasteiger partial charge in [0.15, 0.2) is 5.13 Å². The molecule has 0 bridgehead atoms. The molecule has 0 radical (unpaired) electrons. The van der Waals surface area contributed by atoms with E-state index in [0.717, 1.165) is 78.5 Å². The van der Waals surface area contributed by atoms with Gasteiger partial charge in [-0.1, -0.05) is 43.7 Å². The first-order valence-corrected chi connectivity index (χ1v) is 14.4. The molecule has 2 aliphatic rings. The largest absolute Gasteiger partial charge is 0.457 e. The fraction of sp³-hybridized carbons (Fsp3) is 0.387. The number of thiazole rings is 1. The number of carbonyl (C=O) groups is 1. The van der Waals surface area contributed by atoms with Gasteiger partial charge in [0.2, 0.25) is 0 Å². The molecule has 4 aromatic rings. The number of anilines is 1. The Bertz CT molecular complexity index is 1470. The van der Waals surface area contributed by atoms with Gasteiger partial charge in [0.05, 0.1) is 28.1 Å². The van der Waals surface area contributed by atoms with Gasteiger partial charge in [-0.25, -0.2) is 4.98 Å². The van der Waals surface area contributed by atoms with Crippen LogP contribution in [0.1, 0.15) is 43.5 Å². The first-order valence-electron chi connectivity index (χ1n) is 13.6. The number of carbonyl (C=O) groups excluding carboxylic acids is 1. The van der Waals surface area contributed by atoms with E-state index >= 15 is 0 Å². The van der Waals surface area contributed by atoms with Crippen molar-refractivity contribution >= 4 is 32.6 Å². The lowest BCUT2D eigenvalue weighted by Gasteiger charge is -2.32. The number of aromatic nitrogens is 2.